The molecular formula is C67H85N3O6. The molecule has 3 aliphatic heterocycles. The summed E-state index contributed by atoms with van der Waals surface area (Å²) in [4.78, 5) is 46.8. The predicted octanol–water partition coefficient (Wildman–Crippen LogP) is 14.2. The van der Waals surface area contributed by atoms with Crippen molar-refractivity contribution in [3.8, 4) is 17.2 Å². The predicted molar refractivity (Wildman–Crippen MR) is 311 cm³/mol. The van der Waals surface area contributed by atoms with Crippen LogP contribution in [-0.2, 0) is 6.42 Å². The van der Waals surface area contributed by atoms with Gasteiger partial charge in [0, 0.05) is 72.2 Å². The first-order valence-corrected chi connectivity index (χ1v) is 29.1. The fourth-order valence-electron chi connectivity index (χ4n) is 13.2. The van der Waals surface area contributed by atoms with Crippen LogP contribution in [0.1, 0.15) is 145 Å². The molecule has 2 aliphatic carbocycles. The van der Waals surface area contributed by atoms with Gasteiger partial charge in [-0.15, -0.1) is 0 Å². The van der Waals surface area contributed by atoms with Gasteiger partial charge in [-0.1, -0.05) is 81.3 Å². The Balaban J connectivity index is 0.000000139. The maximum absolute atomic E-state index is 13.2. The Hall–Kier alpha value is -5.61. The lowest BCUT2D eigenvalue weighted by Gasteiger charge is -2.36. The van der Waals surface area contributed by atoms with Crippen LogP contribution in [-0.4, -0.2) is 112 Å². The molecule has 0 bridgehead atoms. The molecule has 6 aromatic carbocycles. The molecule has 9 nitrogen and oxygen atoms in total. The first-order chi connectivity index (χ1) is 37.0. The second-order valence-corrected chi connectivity index (χ2v) is 22.7. The van der Waals surface area contributed by atoms with Crippen molar-refractivity contribution in [2.24, 2.45) is 23.7 Å². The van der Waals surface area contributed by atoms with Gasteiger partial charge in [0.15, 0.2) is 17.3 Å². The van der Waals surface area contributed by atoms with Crippen molar-refractivity contribution in [1.29, 1.82) is 0 Å². The van der Waals surface area contributed by atoms with Crippen LogP contribution in [0, 0.1) is 37.5 Å². The summed E-state index contributed by atoms with van der Waals surface area (Å²) in [5.74, 6) is 5.01. The molecule has 3 heterocycles. The van der Waals surface area contributed by atoms with Gasteiger partial charge in [0.05, 0.1) is 21.3 Å². The third-order valence-electron chi connectivity index (χ3n) is 17.6. The van der Waals surface area contributed by atoms with E-state index >= 15 is 0 Å². The Morgan fingerprint density at radius 2 is 0.934 bits per heavy atom. The van der Waals surface area contributed by atoms with Crippen LogP contribution in [0.25, 0.3) is 32.3 Å². The van der Waals surface area contributed by atoms with E-state index in [9.17, 15) is 14.4 Å². The number of rotatable bonds is 15. The first kappa shape index (κ1) is 55.2. The summed E-state index contributed by atoms with van der Waals surface area (Å²) in [6, 6.07) is 31.3. The smallest absolute Gasteiger partial charge is 0.167 e. The van der Waals surface area contributed by atoms with E-state index in [0.29, 0.717) is 17.3 Å². The quantitative estimate of drug-likeness (QED) is 0.0933. The average Bonchev–Trinajstić information content (AvgIpc) is 4.12. The number of likely N-dealkylation sites (tertiary alicyclic amines) is 3. The minimum Gasteiger partial charge on any atom is -0.496 e. The van der Waals surface area contributed by atoms with E-state index in [1.807, 2.05) is 48.5 Å². The van der Waals surface area contributed by atoms with Crippen molar-refractivity contribution in [2.75, 3.05) is 73.7 Å². The molecule has 5 aliphatic rings. The number of ether oxygens (including phenoxy) is 3. The van der Waals surface area contributed by atoms with Gasteiger partial charge < -0.3 is 24.0 Å². The second kappa shape index (κ2) is 25.7. The molecular weight excluding hydrogens is 943 g/mol. The minimum absolute atomic E-state index is 0.141. The highest BCUT2D eigenvalue weighted by Crippen LogP contribution is 2.36. The maximum atomic E-state index is 13.2. The average molecular weight is 1030 g/mol. The monoisotopic (exact) mass is 1030 g/mol. The van der Waals surface area contributed by atoms with Gasteiger partial charge in [0.25, 0.3) is 0 Å². The number of fused-ring (bicyclic) bond motifs is 3. The van der Waals surface area contributed by atoms with Gasteiger partial charge >= 0.3 is 0 Å². The van der Waals surface area contributed by atoms with Crippen LogP contribution < -0.4 is 14.2 Å². The Labute approximate surface area is 453 Å². The van der Waals surface area contributed by atoms with Crippen molar-refractivity contribution < 1.29 is 28.6 Å². The number of nitrogens with zero attached hydrogens (tertiary/aromatic N) is 3. The van der Waals surface area contributed by atoms with E-state index in [0.717, 1.165) is 175 Å². The van der Waals surface area contributed by atoms with E-state index in [2.05, 4.69) is 84.9 Å². The van der Waals surface area contributed by atoms with Crippen LogP contribution in [0.15, 0.2) is 91.0 Å². The lowest BCUT2D eigenvalue weighted by molar-refractivity contribution is 0.0756. The highest BCUT2D eigenvalue weighted by atomic mass is 16.5. The number of hydrogen-bond donors (Lipinski definition) is 0. The number of benzene rings is 6. The van der Waals surface area contributed by atoms with Crippen molar-refractivity contribution in [3.63, 3.8) is 0 Å². The third kappa shape index (κ3) is 12.9. The van der Waals surface area contributed by atoms with E-state index in [4.69, 9.17) is 14.2 Å². The number of hydrogen-bond acceptors (Lipinski definition) is 9. The summed E-state index contributed by atoms with van der Waals surface area (Å²) < 4.78 is 16.3. The Bertz CT molecular complexity index is 2990. The van der Waals surface area contributed by atoms with Crippen molar-refractivity contribution in [1.82, 2.24) is 14.7 Å². The molecule has 9 heteroatoms. The first-order valence-electron chi connectivity index (χ1n) is 29.1. The van der Waals surface area contributed by atoms with Gasteiger partial charge in [-0.25, -0.2) is 0 Å². The topological polar surface area (TPSA) is 88.6 Å². The lowest BCUT2D eigenvalue weighted by Crippen LogP contribution is -2.43. The van der Waals surface area contributed by atoms with Gasteiger partial charge in [0.2, 0.25) is 0 Å². The summed E-state index contributed by atoms with van der Waals surface area (Å²) in [5, 5.41) is 6.89. The summed E-state index contributed by atoms with van der Waals surface area (Å²) in [6.45, 7) is 17.0. The molecule has 3 saturated heterocycles. The summed E-state index contributed by atoms with van der Waals surface area (Å²) in [7, 11) is 5.11. The number of ketones is 3. The fraction of sp³-hybridized carbons (Fsp3) is 0.507. The van der Waals surface area contributed by atoms with Gasteiger partial charge in [0.1, 0.15) is 17.2 Å². The van der Waals surface area contributed by atoms with Crippen LogP contribution in [0.2, 0.25) is 0 Å². The molecule has 5 fully saturated rings. The van der Waals surface area contributed by atoms with Gasteiger partial charge in [-0.3, -0.25) is 19.3 Å². The lowest BCUT2D eigenvalue weighted by atomic mass is 9.88. The third-order valence-corrected chi connectivity index (χ3v) is 17.6. The van der Waals surface area contributed by atoms with Crippen molar-refractivity contribution in [3.05, 3.63) is 124 Å². The minimum atomic E-state index is 0.141. The molecule has 0 spiro atoms. The zero-order valence-electron chi connectivity index (χ0n) is 46.9. The zero-order chi connectivity index (χ0) is 53.3. The Morgan fingerprint density at radius 3 is 1.42 bits per heavy atom. The molecule has 3 unspecified atom stereocenters. The normalized spacial score (nSPS) is 20.6. The molecule has 2 saturated carbocycles. The molecule has 76 heavy (non-hydrogen) atoms. The standard InChI is InChI=1S/2C23H29NO2.C21H27NO2/c1-16-21-11-9-18(14-17(21)10-12-22(16)26-2)23(25)19-6-5-13-24(15-19)20-7-3-4-8-20;1-3-20-21-10-8-18(13-17(21)9-11-22(20)26-2)23(25)19-5-4-12-24(15-19)14-16-6-7-16;1-4-11-22-12-5-6-18(14-22)21(23)17-7-9-19-15(2)20(24-3)10-8-16(19)13-17/h9-12,14,19-20H,3-8,13,15H2,1-2H3;8-11,13,16,19H,3-7,12,14-15H2,1-2H3;7-10,13,18H,4-6,11-12,14H2,1-3H3. The molecule has 11 rings (SSSR count). The fourth-order valence-corrected chi connectivity index (χ4v) is 13.2. The highest BCUT2D eigenvalue weighted by molar-refractivity contribution is 6.04. The number of carbonyl (C=O) groups excluding carboxylic acids is 3. The van der Waals surface area contributed by atoms with Crippen molar-refractivity contribution >= 4 is 49.7 Å². The molecule has 6 aromatic rings. The summed E-state index contributed by atoms with van der Waals surface area (Å²) >= 11 is 0. The van der Waals surface area contributed by atoms with Gasteiger partial charge in [-0.2, -0.15) is 0 Å². The summed E-state index contributed by atoms with van der Waals surface area (Å²) in [6.07, 6.45) is 16.7. The zero-order valence-corrected chi connectivity index (χ0v) is 46.9. The van der Waals surface area contributed by atoms with Crippen LogP contribution in [0.3, 0.4) is 0 Å². The van der Waals surface area contributed by atoms with E-state index in [1.165, 1.54) is 62.6 Å². The second-order valence-electron chi connectivity index (χ2n) is 22.7. The van der Waals surface area contributed by atoms with E-state index < -0.39 is 0 Å². The van der Waals surface area contributed by atoms with Crippen LogP contribution >= 0.6 is 0 Å². The Kier molecular flexibility index (Phi) is 18.6. The molecule has 0 amide bonds. The van der Waals surface area contributed by atoms with Gasteiger partial charge in [-0.05, 0) is 203 Å². The number of carbonyl (C=O) groups is 3. The molecule has 0 radical (unpaired) electrons. The highest BCUT2D eigenvalue weighted by Gasteiger charge is 2.33. The van der Waals surface area contributed by atoms with Crippen LogP contribution in [0.4, 0.5) is 0 Å². The molecule has 3 atom stereocenters. The SMILES string of the molecule is CCCN1CCCC(C(=O)c2ccc3c(C)c(OC)ccc3c2)C1.CCc1c(OC)ccc2cc(C(=O)C3CCCN(CC4CC4)C3)ccc12.COc1ccc2cc(C(=O)C3CCCN(C4CCCC4)C3)ccc2c1C. The number of piperidine rings is 3. The van der Waals surface area contributed by atoms with E-state index in [-0.39, 0.29) is 17.8 Å². The number of methoxy groups -OCH3 is 3. The molecule has 404 valence electrons. The van der Waals surface area contributed by atoms with Crippen LogP contribution in [0.5, 0.6) is 17.2 Å². The number of Topliss-reactive ketones (excluding diaryl/α,β-unsaturated/α-hetero) is 3. The number of aryl methyl sites for hydroxylation is 3. The van der Waals surface area contributed by atoms with Crippen molar-refractivity contribution in [2.45, 2.75) is 124 Å². The largest absolute Gasteiger partial charge is 0.496 e. The molecule has 0 aromatic heterocycles. The van der Waals surface area contributed by atoms with E-state index in [1.54, 1.807) is 21.3 Å². The maximum Gasteiger partial charge on any atom is 0.167 e. The Morgan fingerprint density at radius 1 is 0.487 bits per heavy atom. The summed E-state index contributed by atoms with van der Waals surface area (Å²) in [5.41, 5.74) is 6.05. The molecule has 0 N–H and O–H groups in total.